The minimum absolute atomic E-state index is 0.649. The van der Waals surface area contributed by atoms with E-state index in [0.717, 1.165) is 5.69 Å². The summed E-state index contributed by atoms with van der Waals surface area (Å²) in [6.45, 7) is 0. The molecule has 2 rings (SSSR count). The van der Waals surface area contributed by atoms with Crippen LogP contribution in [0.15, 0.2) is 12.4 Å². The molecule has 0 atom stereocenters. The predicted octanol–water partition coefficient (Wildman–Crippen LogP) is 2.43. The van der Waals surface area contributed by atoms with Crippen LogP contribution >= 0.6 is 0 Å². The van der Waals surface area contributed by atoms with Gasteiger partial charge in [0, 0.05) is 13.2 Å². The van der Waals surface area contributed by atoms with E-state index >= 15 is 0 Å². The van der Waals surface area contributed by atoms with Crippen molar-refractivity contribution in [3.8, 4) is 0 Å². The van der Waals surface area contributed by atoms with Gasteiger partial charge in [0.15, 0.2) is 0 Å². The Hall–Kier alpha value is -0.990. The minimum atomic E-state index is 0.649. The molecule has 0 amide bonds. The number of anilines is 1. The van der Waals surface area contributed by atoms with Crippen molar-refractivity contribution in [2.75, 3.05) is 12.4 Å². The molecule has 0 saturated heterocycles. The fourth-order valence-corrected chi connectivity index (χ4v) is 2.01. The molecule has 1 aromatic rings. The molecule has 1 fully saturated rings. The standard InChI is InChI=1S/C10H17N3/c1-11-9-7-12-13(8-9)10-5-3-2-4-6-10/h7-8,10-11H,2-6H2,1H3. The summed E-state index contributed by atoms with van der Waals surface area (Å²) >= 11 is 0. The number of aromatic nitrogens is 2. The van der Waals surface area contributed by atoms with Crippen molar-refractivity contribution in [3.63, 3.8) is 0 Å². The maximum atomic E-state index is 4.36. The highest BCUT2D eigenvalue weighted by Crippen LogP contribution is 2.27. The van der Waals surface area contributed by atoms with E-state index in [2.05, 4.69) is 21.3 Å². The quantitative estimate of drug-likeness (QED) is 0.755. The van der Waals surface area contributed by atoms with Gasteiger partial charge in [0.1, 0.15) is 0 Å². The Morgan fingerprint density at radius 2 is 2.15 bits per heavy atom. The van der Waals surface area contributed by atoms with E-state index in [1.165, 1.54) is 32.1 Å². The molecule has 0 radical (unpaired) electrons. The number of hydrogen-bond donors (Lipinski definition) is 1. The molecule has 1 aromatic heterocycles. The van der Waals surface area contributed by atoms with Crippen LogP contribution in [0, 0.1) is 0 Å². The Labute approximate surface area is 79.1 Å². The molecule has 1 aliphatic carbocycles. The lowest BCUT2D eigenvalue weighted by Crippen LogP contribution is -2.12. The largest absolute Gasteiger partial charge is 0.386 e. The van der Waals surface area contributed by atoms with Gasteiger partial charge in [-0.05, 0) is 12.8 Å². The van der Waals surface area contributed by atoms with Crippen molar-refractivity contribution in [1.29, 1.82) is 0 Å². The first-order chi connectivity index (χ1) is 6.40. The fourth-order valence-electron chi connectivity index (χ4n) is 2.01. The molecule has 13 heavy (non-hydrogen) atoms. The van der Waals surface area contributed by atoms with E-state index in [1.54, 1.807) is 0 Å². The second-order valence-corrected chi connectivity index (χ2v) is 3.75. The normalized spacial score (nSPS) is 18.8. The van der Waals surface area contributed by atoms with Crippen LogP contribution in [0.3, 0.4) is 0 Å². The average molecular weight is 179 g/mol. The van der Waals surface area contributed by atoms with Crippen LogP contribution in [0.1, 0.15) is 38.1 Å². The van der Waals surface area contributed by atoms with Crippen molar-refractivity contribution in [1.82, 2.24) is 9.78 Å². The van der Waals surface area contributed by atoms with E-state index in [0.29, 0.717) is 6.04 Å². The van der Waals surface area contributed by atoms with Crippen LogP contribution in [-0.4, -0.2) is 16.8 Å². The number of hydrogen-bond acceptors (Lipinski definition) is 2. The van der Waals surface area contributed by atoms with Crippen molar-refractivity contribution >= 4 is 5.69 Å². The van der Waals surface area contributed by atoms with Gasteiger partial charge in [-0.1, -0.05) is 19.3 Å². The van der Waals surface area contributed by atoms with Gasteiger partial charge in [-0.15, -0.1) is 0 Å². The first-order valence-electron chi connectivity index (χ1n) is 5.12. The molecule has 1 saturated carbocycles. The van der Waals surface area contributed by atoms with Crippen molar-refractivity contribution in [2.45, 2.75) is 38.1 Å². The van der Waals surface area contributed by atoms with Crippen LogP contribution in [0.25, 0.3) is 0 Å². The molecular weight excluding hydrogens is 162 g/mol. The summed E-state index contributed by atoms with van der Waals surface area (Å²) in [5, 5.41) is 7.47. The van der Waals surface area contributed by atoms with Crippen molar-refractivity contribution in [3.05, 3.63) is 12.4 Å². The number of rotatable bonds is 2. The van der Waals surface area contributed by atoms with Crippen LogP contribution in [0.5, 0.6) is 0 Å². The van der Waals surface area contributed by atoms with E-state index in [4.69, 9.17) is 0 Å². The summed E-state index contributed by atoms with van der Waals surface area (Å²) in [7, 11) is 1.93. The highest BCUT2D eigenvalue weighted by molar-refractivity contribution is 5.36. The van der Waals surface area contributed by atoms with Gasteiger partial charge >= 0.3 is 0 Å². The highest BCUT2D eigenvalue weighted by atomic mass is 15.3. The zero-order chi connectivity index (χ0) is 9.10. The van der Waals surface area contributed by atoms with E-state index in [-0.39, 0.29) is 0 Å². The maximum Gasteiger partial charge on any atom is 0.0724 e. The SMILES string of the molecule is CNc1cnn(C2CCCCC2)c1. The monoisotopic (exact) mass is 179 g/mol. The zero-order valence-corrected chi connectivity index (χ0v) is 8.16. The molecule has 0 unspecified atom stereocenters. The molecule has 0 spiro atoms. The molecule has 3 nitrogen and oxygen atoms in total. The first kappa shape index (κ1) is 8.60. The second kappa shape index (κ2) is 3.81. The van der Waals surface area contributed by atoms with Gasteiger partial charge in [0.05, 0.1) is 17.9 Å². The Kier molecular flexibility index (Phi) is 2.52. The molecule has 0 aliphatic heterocycles. The smallest absolute Gasteiger partial charge is 0.0724 e. The minimum Gasteiger partial charge on any atom is -0.386 e. The third-order valence-electron chi connectivity index (χ3n) is 2.84. The van der Waals surface area contributed by atoms with Crippen LogP contribution < -0.4 is 5.32 Å². The highest BCUT2D eigenvalue weighted by Gasteiger charge is 2.15. The van der Waals surface area contributed by atoms with Crippen LogP contribution in [-0.2, 0) is 0 Å². The third kappa shape index (κ3) is 1.85. The van der Waals surface area contributed by atoms with Crippen LogP contribution in [0.4, 0.5) is 5.69 Å². The van der Waals surface area contributed by atoms with Crippen molar-refractivity contribution in [2.24, 2.45) is 0 Å². The summed E-state index contributed by atoms with van der Waals surface area (Å²) in [6, 6.07) is 0.649. The van der Waals surface area contributed by atoms with Gasteiger partial charge in [0.2, 0.25) is 0 Å². The van der Waals surface area contributed by atoms with Crippen molar-refractivity contribution < 1.29 is 0 Å². The lowest BCUT2D eigenvalue weighted by Gasteiger charge is -2.21. The molecular formula is C10H17N3. The number of nitrogens with one attached hydrogen (secondary N) is 1. The van der Waals surface area contributed by atoms with Gasteiger partial charge < -0.3 is 5.32 Å². The zero-order valence-electron chi connectivity index (χ0n) is 8.16. The molecule has 1 N–H and O–H groups in total. The number of nitrogens with zero attached hydrogens (tertiary/aromatic N) is 2. The van der Waals surface area contributed by atoms with Gasteiger partial charge in [-0.2, -0.15) is 5.10 Å². The summed E-state index contributed by atoms with van der Waals surface area (Å²) in [5.41, 5.74) is 1.12. The first-order valence-corrected chi connectivity index (χ1v) is 5.12. The topological polar surface area (TPSA) is 29.9 Å². The lowest BCUT2D eigenvalue weighted by molar-refractivity contribution is 0.329. The second-order valence-electron chi connectivity index (χ2n) is 3.75. The molecule has 0 aromatic carbocycles. The summed E-state index contributed by atoms with van der Waals surface area (Å²) in [5.74, 6) is 0. The van der Waals surface area contributed by atoms with E-state index in [1.807, 2.05) is 13.2 Å². The molecule has 1 heterocycles. The van der Waals surface area contributed by atoms with Crippen LogP contribution in [0.2, 0.25) is 0 Å². The molecule has 72 valence electrons. The molecule has 1 aliphatic rings. The lowest BCUT2D eigenvalue weighted by atomic mass is 9.96. The molecule has 0 bridgehead atoms. The summed E-state index contributed by atoms with van der Waals surface area (Å²) in [6.07, 6.45) is 10.7. The Balaban J connectivity index is 2.05. The summed E-state index contributed by atoms with van der Waals surface area (Å²) < 4.78 is 2.12. The van der Waals surface area contributed by atoms with E-state index in [9.17, 15) is 0 Å². The van der Waals surface area contributed by atoms with Gasteiger partial charge in [0.25, 0.3) is 0 Å². The van der Waals surface area contributed by atoms with Gasteiger partial charge in [-0.3, -0.25) is 4.68 Å². The Morgan fingerprint density at radius 3 is 2.77 bits per heavy atom. The summed E-state index contributed by atoms with van der Waals surface area (Å²) in [4.78, 5) is 0. The molecule has 3 heteroatoms. The average Bonchev–Trinajstić information content (AvgIpc) is 2.67. The van der Waals surface area contributed by atoms with E-state index < -0.39 is 0 Å². The maximum absolute atomic E-state index is 4.36. The fraction of sp³-hybridized carbons (Fsp3) is 0.700. The Morgan fingerprint density at radius 1 is 1.38 bits per heavy atom. The third-order valence-corrected chi connectivity index (χ3v) is 2.84. The predicted molar refractivity (Wildman–Crippen MR) is 53.9 cm³/mol. The van der Waals surface area contributed by atoms with Gasteiger partial charge in [-0.25, -0.2) is 0 Å². The Bertz CT molecular complexity index is 261.